The summed E-state index contributed by atoms with van der Waals surface area (Å²) in [6.45, 7) is 0.192. The molecule has 2 aromatic rings. The summed E-state index contributed by atoms with van der Waals surface area (Å²) >= 11 is 1.63. The van der Waals surface area contributed by atoms with Gasteiger partial charge in [0, 0.05) is 16.9 Å². The predicted octanol–water partition coefficient (Wildman–Crippen LogP) is 2.16. The topological polar surface area (TPSA) is 59.4 Å². The number of aliphatic hydroxyl groups is 1. The minimum atomic E-state index is -0.107. The van der Waals surface area contributed by atoms with Gasteiger partial charge < -0.3 is 15.3 Å². The van der Waals surface area contributed by atoms with Gasteiger partial charge in [0.25, 0.3) is 0 Å². The molecule has 1 atom stereocenters. The molecule has 0 bridgehead atoms. The molecule has 16 heavy (non-hydrogen) atoms. The Kier molecular flexibility index (Phi) is 3.88. The second-order valence-electron chi connectivity index (χ2n) is 3.59. The lowest BCUT2D eigenvalue weighted by Crippen LogP contribution is -2.12. The molecule has 0 amide bonds. The van der Waals surface area contributed by atoms with Crippen molar-refractivity contribution in [2.45, 2.75) is 6.04 Å². The molecule has 4 heteroatoms. The summed E-state index contributed by atoms with van der Waals surface area (Å²) in [7, 11) is 0. The molecule has 0 aliphatic carbocycles. The fourth-order valence-corrected chi connectivity index (χ4v) is 2.26. The van der Waals surface area contributed by atoms with Crippen LogP contribution in [-0.2, 0) is 0 Å². The van der Waals surface area contributed by atoms with Crippen LogP contribution in [0, 0.1) is 0 Å². The molecule has 1 unspecified atom stereocenters. The van der Waals surface area contributed by atoms with Crippen LogP contribution in [-0.4, -0.2) is 23.2 Å². The molecular formula is C12H15NO2S. The molecule has 1 aromatic heterocycles. The first kappa shape index (κ1) is 11.5. The Morgan fingerprint density at radius 2 is 2.19 bits per heavy atom. The Morgan fingerprint density at radius 3 is 2.94 bits per heavy atom. The molecule has 0 spiro atoms. The van der Waals surface area contributed by atoms with Crippen LogP contribution in [0.3, 0.4) is 0 Å². The molecular weight excluding hydrogens is 222 g/mol. The van der Waals surface area contributed by atoms with E-state index in [9.17, 15) is 0 Å². The van der Waals surface area contributed by atoms with E-state index >= 15 is 0 Å². The highest BCUT2D eigenvalue weighted by molar-refractivity contribution is 7.99. The Balaban J connectivity index is 2.07. The van der Waals surface area contributed by atoms with E-state index in [2.05, 4.69) is 0 Å². The van der Waals surface area contributed by atoms with E-state index in [-0.39, 0.29) is 12.6 Å². The smallest absolute Gasteiger partial charge is 0.134 e. The summed E-state index contributed by atoms with van der Waals surface area (Å²) in [4.78, 5) is 0. The normalized spacial score (nSPS) is 13.1. The van der Waals surface area contributed by atoms with E-state index < -0.39 is 0 Å². The first-order valence-electron chi connectivity index (χ1n) is 5.24. The predicted molar refractivity (Wildman–Crippen MR) is 67.6 cm³/mol. The number of rotatable bonds is 5. The largest absolute Gasteiger partial charge is 0.459 e. The third kappa shape index (κ3) is 2.58. The molecule has 1 heterocycles. The maximum absolute atomic E-state index is 8.68. The van der Waals surface area contributed by atoms with E-state index in [1.807, 2.05) is 30.3 Å². The van der Waals surface area contributed by atoms with Crippen molar-refractivity contribution in [2.75, 3.05) is 18.1 Å². The van der Waals surface area contributed by atoms with Gasteiger partial charge in [-0.25, -0.2) is 0 Å². The van der Waals surface area contributed by atoms with Crippen molar-refractivity contribution in [2.24, 2.45) is 5.73 Å². The van der Waals surface area contributed by atoms with Crippen molar-refractivity contribution < 1.29 is 9.52 Å². The van der Waals surface area contributed by atoms with Gasteiger partial charge in [-0.05, 0) is 12.1 Å². The molecule has 0 radical (unpaired) electrons. The lowest BCUT2D eigenvalue weighted by Gasteiger charge is -2.06. The van der Waals surface area contributed by atoms with Gasteiger partial charge in [0.1, 0.15) is 11.3 Å². The number of thioether (sulfide) groups is 1. The van der Waals surface area contributed by atoms with E-state index in [0.29, 0.717) is 5.75 Å². The highest BCUT2D eigenvalue weighted by Gasteiger charge is 2.11. The van der Waals surface area contributed by atoms with Crippen LogP contribution in [0.1, 0.15) is 11.8 Å². The van der Waals surface area contributed by atoms with Gasteiger partial charge in [-0.2, -0.15) is 11.8 Å². The van der Waals surface area contributed by atoms with Gasteiger partial charge in [-0.1, -0.05) is 18.2 Å². The molecule has 0 fully saturated rings. The van der Waals surface area contributed by atoms with Crippen molar-refractivity contribution in [3.05, 3.63) is 36.1 Å². The van der Waals surface area contributed by atoms with E-state index in [1.54, 1.807) is 11.8 Å². The average Bonchev–Trinajstić information content (AvgIpc) is 2.73. The lowest BCUT2D eigenvalue weighted by molar-refractivity contribution is 0.322. The maximum atomic E-state index is 8.68. The van der Waals surface area contributed by atoms with Crippen LogP contribution >= 0.6 is 11.8 Å². The molecule has 86 valence electrons. The summed E-state index contributed by atoms with van der Waals surface area (Å²) in [5.74, 6) is 2.29. The standard InChI is InChI=1S/C12H15NO2S/c13-10(8-16-6-5-14)12-7-9-3-1-2-4-11(9)15-12/h1-4,7,10,14H,5-6,8,13H2. The van der Waals surface area contributed by atoms with Crippen LogP contribution in [0.4, 0.5) is 0 Å². The first-order valence-corrected chi connectivity index (χ1v) is 6.39. The minimum absolute atomic E-state index is 0.107. The maximum Gasteiger partial charge on any atom is 0.134 e. The molecule has 0 aliphatic heterocycles. The number of fused-ring (bicyclic) bond motifs is 1. The van der Waals surface area contributed by atoms with Crippen molar-refractivity contribution in [3.63, 3.8) is 0 Å². The van der Waals surface area contributed by atoms with Gasteiger partial charge in [-0.3, -0.25) is 0 Å². The monoisotopic (exact) mass is 237 g/mol. The zero-order chi connectivity index (χ0) is 11.4. The fraction of sp³-hybridized carbons (Fsp3) is 0.333. The SMILES string of the molecule is NC(CSCCO)c1cc2ccccc2o1. The zero-order valence-corrected chi connectivity index (χ0v) is 9.74. The Labute approximate surface area is 98.6 Å². The summed E-state index contributed by atoms with van der Waals surface area (Å²) < 4.78 is 5.66. The fourth-order valence-electron chi connectivity index (χ4n) is 1.54. The molecule has 3 N–H and O–H groups in total. The quantitative estimate of drug-likeness (QED) is 0.782. The summed E-state index contributed by atoms with van der Waals surface area (Å²) in [6.07, 6.45) is 0. The number of furan rings is 1. The second kappa shape index (κ2) is 5.39. The molecule has 0 saturated carbocycles. The van der Waals surface area contributed by atoms with Crippen molar-refractivity contribution >= 4 is 22.7 Å². The van der Waals surface area contributed by atoms with Crippen LogP contribution in [0.5, 0.6) is 0 Å². The number of hydrogen-bond acceptors (Lipinski definition) is 4. The summed E-state index contributed by atoms with van der Waals surface area (Å²) in [6, 6.07) is 9.75. The highest BCUT2D eigenvalue weighted by atomic mass is 32.2. The molecule has 3 nitrogen and oxygen atoms in total. The van der Waals surface area contributed by atoms with Crippen molar-refractivity contribution in [1.29, 1.82) is 0 Å². The second-order valence-corrected chi connectivity index (χ2v) is 4.74. The third-order valence-electron chi connectivity index (χ3n) is 2.34. The van der Waals surface area contributed by atoms with Gasteiger partial charge in [0.05, 0.1) is 12.6 Å². The van der Waals surface area contributed by atoms with Crippen LogP contribution in [0.15, 0.2) is 34.7 Å². The molecule has 0 saturated heterocycles. The van der Waals surface area contributed by atoms with Crippen LogP contribution in [0.2, 0.25) is 0 Å². The average molecular weight is 237 g/mol. The Hall–Kier alpha value is -0.970. The van der Waals surface area contributed by atoms with E-state index in [1.165, 1.54) is 0 Å². The first-order chi connectivity index (χ1) is 7.81. The lowest BCUT2D eigenvalue weighted by atomic mass is 10.2. The third-order valence-corrected chi connectivity index (χ3v) is 3.41. The van der Waals surface area contributed by atoms with Crippen molar-refractivity contribution in [1.82, 2.24) is 0 Å². The van der Waals surface area contributed by atoms with E-state index in [0.717, 1.165) is 22.5 Å². The van der Waals surface area contributed by atoms with Crippen LogP contribution < -0.4 is 5.73 Å². The summed E-state index contributed by atoms with van der Waals surface area (Å²) in [5, 5.41) is 9.76. The molecule has 0 aliphatic rings. The number of nitrogens with two attached hydrogens (primary N) is 1. The van der Waals surface area contributed by atoms with Crippen LogP contribution in [0.25, 0.3) is 11.0 Å². The number of hydrogen-bond donors (Lipinski definition) is 2. The Morgan fingerprint density at radius 1 is 1.38 bits per heavy atom. The number of aliphatic hydroxyl groups excluding tert-OH is 1. The van der Waals surface area contributed by atoms with E-state index in [4.69, 9.17) is 15.3 Å². The zero-order valence-electron chi connectivity index (χ0n) is 8.93. The highest BCUT2D eigenvalue weighted by Crippen LogP contribution is 2.24. The minimum Gasteiger partial charge on any atom is -0.459 e. The number of para-hydroxylation sites is 1. The van der Waals surface area contributed by atoms with Gasteiger partial charge in [0.15, 0.2) is 0 Å². The van der Waals surface area contributed by atoms with Crippen molar-refractivity contribution in [3.8, 4) is 0 Å². The molecule has 2 rings (SSSR count). The van der Waals surface area contributed by atoms with Gasteiger partial charge in [-0.15, -0.1) is 0 Å². The Bertz CT molecular complexity index is 422. The summed E-state index contributed by atoms with van der Waals surface area (Å²) in [5.41, 5.74) is 6.88. The number of benzene rings is 1. The van der Waals surface area contributed by atoms with Gasteiger partial charge in [0.2, 0.25) is 0 Å². The molecule has 1 aromatic carbocycles. The van der Waals surface area contributed by atoms with Gasteiger partial charge >= 0.3 is 0 Å².